The van der Waals surface area contributed by atoms with E-state index in [0.717, 1.165) is 5.56 Å². The van der Waals surface area contributed by atoms with Gasteiger partial charge in [0.25, 0.3) is 17.4 Å². The van der Waals surface area contributed by atoms with E-state index >= 15 is 0 Å². The van der Waals surface area contributed by atoms with E-state index in [1.807, 2.05) is 19.1 Å². The van der Waals surface area contributed by atoms with Crippen molar-refractivity contribution >= 4 is 17.5 Å². The third-order valence-corrected chi connectivity index (χ3v) is 5.28. The second-order valence-corrected chi connectivity index (χ2v) is 7.77. The van der Waals surface area contributed by atoms with Gasteiger partial charge < -0.3 is 10.6 Å². The molecule has 0 aliphatic carbocycles. The fourth-order valence-corrected chi connectivity index (χ4v) is 3.36. The molecule has 34 heavy (non-hydrogen) atoms. The zero-order valence-electron chi connectivity index (χ0n) is 18.4. The summed E-state index contributed by atoms with van der Waals surface area (Å²) in [7, 11) is 0. The van der Waals surface area contributed by atoms with E-state index in [1.54, 1.807) is 60.8 Å². The van der Waals surface area contributed by atoms with Crippen LogP contribution in [-0.4, -0.2) is 16.4 Å². The number of amides is 2. The first kappa shape index (κ1) is 22.7. The molecule has 0 atom stereocenters. The molecule has 4 aromatic rings. The molecule has 7 heteroatoms. The Bertz CT molecular complexity index is 1380. The molecule has 0 aliphatic rings. The first-order valence-corrected chi connectivity index (χ1v) is 10.6. The Morgan fingerprint density at radius 2 is 1.53 bits per heavy atom. The van der Waals surface area contributed by atoms with Crippen LogP contribution in [0.4, 0.5) is 10.1 Å². The molecule has 0 spiro atoms. The molecule has 3 aromatic carbocycles. The summed E-state index contributed by atoms with van der Waals surface area (Å²) in [5, 5.41) is 5.50. The van der Waals surface area contributed by atoms with Crippen molar-refractivity contribution in [1.29, 1.82) is 0 Å². The first-order valence-electron chi connectivity index (χ1n) is 10.6. The summed E-state index contributed by atoms with van der Waals surface area (Å²) in [4.78, 5) is 37.9. The summed E-state index contributed by atoms with van der Waals surface area (Å²) in [6.45, 7) is 2.12. The van der Waals surface area contributed by atoms with Crippen molar-refractivity contribution in [3.05, 3.63) is 130 Å². The van der Waals surface area contributed by atoms with Crippen LogP contribution in [0.2, 0.25) is 0 Å². The second-order valence-electron chi connectivity index (χ2n) is 7.77. The minimum Gasteiger partial charge on any atom is -0.348 e. The van der Waals surface area contributed by atoms with Crippen LogP contribution in [0.25, 0.3) is 5.69 Å². The van der Waals surface area contributed by atoms with Gasteiger partial charge in [-0.15, -0.1) is 0 Å². The normalized spacial score (nSPS) is 10.5. The third-order valence-electron chi connectivity index (χ3n) is 5.28. The number of hydrogen-bond donors (Lipinski definition) is 2. The molecule has 0 fully saturated rings. The lowest BCUT2D eigenvalue weighted by Crippen LogP contribution is -2.32. The van der Waals surface area contributed by atoms with Crippen LogP contribution in [0.15, 0.2) is 95.9 Å². The number of aromatic nitrogens is 1. The van der Waals surface area contributed by atoms with Gasteiger partial charge >= 0.3 is 0 Å². The largest absolute Gasteiger partial charge is 0.348 e. The minimum atomic E-state index is -0.523. The number of pyridine rings is 1. The lowest BCUT2D eigenvalue weighted by atomic mass is 10.1. The number of nitrogens with one attached hydrogen (secondary N) is 2. The number of carbonyl (C=O) groups excluding carboxylic acids is 2. The highest BCUT2D eigenvalue weighted by Crippen LogP contribution is 2.14. The van der Waals surface area contributed by atoms with Crippen LogP contribution in [0, 0.1) is 12.7 Å². The molecular formula is C27H22FN3O3. The van der Waals surface area contributed by atoms with Crippen LogP contribution in [0.1, 0.15) is 31.8 Å². The van der Waals surface area contributed by atoms with Crippen molar-refractivity contribution < 1.29 is 14.0 Å². The van der Waals surface area contributed by atoms with Crippen LogP contribution in [0.3, 0.4) is 0 Å². The van der Waals surface area contributed by atoms with Gasteiger partial charge in [-0.2, -0.15) is 0 Å². The van der Waals surface area contributed by atoms with Gasteiger partial charge in [-0.3, -0.25) is 19.0 Å². The van der Waals surface area contributed by atoms with Gasteiger partial charge in [0, 0.05) is 29.7 Å². The fourth-order valence-electron chi connectivity index (χ4n) is 3.36. The SMILES string of the molecule is Cc1ccc(C(=O)Nc2ccc(-n3cccc(C(=O)NCc4ccc(F)cc4)c3=O)cc2)cc1. The number of nitrogens with zero attached hydrogens (tertiary/aromatic N) is 1. The van der Waals surface area contributed by atoms with E-state index < -0.39 is 11.5 Å². The van der Waals surface area contributed by atoms with Crippen LogP contribution in [-0.2, 0) is 6.54 Å². The highest BCUT2D eigenvalue weighted by Gasteiger charge is 2.13. The van der Waals surface area contributed by atoms with Crippen molar-refractivity contribution in [1.82, 2.24) is 9.88 Å². The molecule has 1 heterocycles. The molecule has 0 saturated carbocycles. The van der Waals surface area contributed by atoms with Crippen LogP contribution < -0.4 is 16.2 Å². The standard InChI is InChI=1S/C27H22FN3O3/c1-18-4-8-20(9-5-18)25(32)30-22-12-14-23(15-13-22)31-16-2-3-24(27(31)34)26(33)29-17-19-6-10-21(28)11-7-19/h2-16H,17H2,1H3,(H,29,33)(H,30,32). The number of anilines is 1. The number of halogens is 1. The monoisotopic (exact) mass is 455 g/mol. The second kappa shape index (κ2) is 9.95. The maximum absolute atomic E-state index is 13.0. The third kappa shape index (κ3) is 5.27. The predicted molar refractivity (Wildman–Crippen MR) is 129 cm³/mol. The van der Waals surface area contributed by atoms with Crippen LogP contribution >= 0.6 is 0 Å². The van der Waals surface area contributed by atoms with Crippen LogP contribution in [0.5, 0.6) is 0 Å². The average molecular weight is 455 g/mol. The maximum Gasteiger partial charge on any atom is 0.267 e. The Balaban J connectivity index is 1.46. The van der Waals surface area contributed by atoms with E-state index in [2.05, 4.69) is 10.6 Å². The topological polar surface area (TPSA) is 80.2 Å². The predicted octanol–water partition coefficient (Wildman–Crippen LogP) is 4.47. The molecule has 4 rings (SSSR count). The van der Waals surface area contributed by atoms with Crippen molar-refractivity contribution in [3.8, 4) is 5.69 Å². The van der Waals surface area contributed by atoms with E-state index in [1.165, 1.54) is 22.8 Å². The van der Waals surface area contributed by atoms with Crippen molar-refractivity contribution in [2.24, 2.45) is 0 Å². The summed E-state index contributed by atoms with van der Waals surface area (Å²) < 4.78 is 14.4. The Morgan fingerprint density at radius 1 is 0.853 bits per heavy atom. The van der Waals surface area contributed by atoms with Gasteiger partial charge in [-0.25, -0.2) is 4.39 Å². The molecule has 6 nitrogen and oxygen atoms in total. The number of rotatable bonds is 6. The summed E-state index contributed by atoms with van der Waals surface area (Å²) >= 11 is 0. The summed E-state index contributed by atoms with van der Waals surface area (Å²) in [5.74, 6) is -1.11. The Morgan fingerprint density at radius 3 is 2.21 bits per heavy atom. The van der Waals surface area contributed by atoms with Crippen molar-refractivity contribution in [2.75, 3.05) is 5.32 Å². The number of benzene rings is 3. The van der Waals surface area contributed by atoms with E-state index in [9.17, 15) is 18.8 Å². The zero-order valence-corrected chi connectivity index (χ0v) is 18.4. The van der Waals surface area contributed by atoms with Crippen molar-refractivity contribution in [3.63, 3.8) is 0 Å². The molecule has 0 aliphatic heterocycles. The fraction of sp³-hybridized carbons (Fsp3) is 0.0741. The van der Waals surface area contributed by atoms with E-state index in [-0.39, 0.29) is 23.8 Å². The van der Waals surface area contributed by atoms with Gasteiger partial charge in [0.15, 0.2) is 0 Å². The quantitative estimate of drug-likeness (QED) is 0.450. The number of hydrogen-bond acceptors (Lipinski definition) is 3. The molecule has 2 N–H and O–H groups in total. The highest BCUT2D eigenvalue weighted by molar-refractivity contribution is 6.04. The maximum atomic E-state index is 13.0. The first-order chi connectivity index (χ1) is 16.4. The smallest absolute Gasteiger partial charge is 0.267 e. The molecule has 0 bridgehead atoms. The van der Waals surface area contributed by atoms with Gasteiger partial charge in [0.1, 0.15) is 11.4 Å². The molecular weight excluding hydrogens is 433 g/mol. The number of aryl methyl sites for hydroxylation is 1. The van der Waals surface area contributed by atoms with Crippen molar-refractivity contribution in [2.45, 2.75) is 13.5 Å². The Labute approximate surface area is 195 Å². The van der Waals surface area contributed by atoms with E-state index in [4.69, 9.17) is 0 Å². The van der Waals surface area contributed by atoms with E-state index in [0.29, 0.717) is 22.5 Å². The molecule has 0 radical (unpaired) electrons. The lowest BCUT2D eigenvalue weighted by molar-refractivity contribution is 0.0948. The summed E-state index contributed by atoms with van der Waals surface area (Å²) in [6, 6.07) is 22.8. The molecule has 170 valence electrons. The van der Waals surface area contributed by atoms with Gasteiger partial charge in [-0.05, 0) is 73.2 Å². The van der Waals surface area contributed by atoms with Gasteiger partial charge in [-0.1, -0.05) is 29.8 Å². The Hall–Kier alpha value is -4.52. The lowest BCUT2D eigenvalue weighted by Gasteiger charge is -2.10. The number of carbonyl (C=O) groups is 2. The minimum absolute atomic E-state index is 0.0126. The van der Waals surface area contributed by atoms with Gasteiger partial charge in [0.2, 0.25) is 0 Å². The molecule has 0 unspecified atom stereocenters. The Kier molecular flexibility index (Phi) is 6.64. The summed E-state index contributed by atoms with van der Waals surface area (Å²) in [6.07, 6.45) is 1.57. The molecule has 0 saturated heterocycles. The molecule has 1 aromatic heterocycles. The van der Waals surface area contributed by atoms with Gasteiger partial charge in [0.05, 0.1) is 0 Å². The average Bonchev–Trinajstić information content (AvgIpc) is 2.84. The highest BCUT2D eigenvalue weighted by atomic mass is 19.1. The zero-order chi connectivity index (χ0) is 24.1. The summed E-state index contributed by atoms with van der Waals surface area (Å²) in [5.41, 5.74) is 2.97. The molecule has 2 amide bonds.